The third-order valence-corrected chi connectivity index (χ3v) is 25.1. The van der Waals surface area contributed by atoms with Crippen molar-refractivity contribution in [2.24, 2.45) is 0 Å². The van der Waals surface area contributed by atoms with Crippen molar-refractivity contribution in [3.8, 4) is 102 Å². The number of rotatable bonds is 9. The minimum atomic E-state index is 0.536. The number of benzene rings is 14. The van der Waals surface area contributed by atoms with Crippen LogP contribution in [-0.2, 0) is 0 Å². The van der Waals surface area contributed by atoms with Gasteiger partial charge >= 0.3 is 0 Å². The van der Waals surface area contributed by atoms with Crippen molar-refractivity contribution in [2.45, 2.75) is 0 Å². The zero-order valence-corrected chi connectivity index (χ0v) is 57.1. The Morgan fingerprint density at radius 2 is 0.569 bits per heavy atom. The smallest absolute Gasteiger partial charge is 0.167 e. The molecule has 0 aliphatic carbocycles. The fourth-order valence-electron chi connectivity index (χ4n) is 15.3. The van der Waals surface area contributed by atoms with Crippen LogP contribution in [0.1, 0.15) is 0 Å². The van der Waals surface area contributed by atoms with Crippen LogP contribution in [0.15, 0.2) is 300 Å². The molecule has 22 aromatic rings. The zero-order valence-electron chi connectivity index (χ0n) is 53.8. The molecule has 0 unspecified atom stereocenters. The second kappa shape index (κ2) is 22.5. The van der Waals surface area contributed by atoms with Gasteiger partial charge in [-0.2, -0.15) is 0 Å². The van der Waals surface area contributed by atoms with Crippen molar-refractivity contribution in [3.05, 3.63) is 291 Å². The van der Waals surface area contributed by atoms with E-state index in [0.29, 0.717) is 34.9 Å². The molecule has 0 aliphatic heterocycles. The van der Waals surface area contributed by atoms with Gasteiger partial charge in [0.2, 0.25) is 0 Å². The molecule has 102 heavy (non-hydrogen) atoms. The van der Waals surface area contributed by atoms with Gasteiger partial charge in [0.25, 0.3) is 0 Å². The highest BCUT2D eigenvalue weighted by molar-refractivity contribution is 7.28. The standard InChI is InChI=1S/C90H48N6O2S4/c1-3-19-49(20-4-1)85-91-87(95-89(93-85)70-36-17-33-65-64-31-16-30-63(81(64)101-82(65)70)62-29-14-27-60-57-24-8-11-39-75(57)99-79(60)62)52-42-44-56-55-43-41-51(47-73(55)97-74(56)48-52)53-45-46-67(66-32-15-28-61-58-25-9-12-40-76(58)100-80(61)66)84-77(53)68-34-18-37-71(83(68)102-84)90-94-86(50-21-5-2-6-22-50)92-88(96-90)69-35-13-26-59-54-23-7-10-38-72(54)98-78(59)69/h1-48H. The van der Waals surface area contributed by atoms with Gasteiger partial charge in [0.15, 0.2) is 34.9 Å². The molecule has 0 saturated carbocycles. The van der Waals surface area contributed by atoms with Gasteiger partial charge in [0.1, 0.15) is 22.3 Å². The molecule has 0 radical (unpaired) electrons. The van der Waals surface area contributed by atoms with Gasteiger partial charge in [-0.15, -0.1) is 45.3 Å². The summed E-state index contributed by atoms with van der Waals surface area (Å²) >= 11 is 7.31. The molecule has 0 N–H and O–H groups in total. The summed E-state index contributed by atoms with van der Waals surface area (Å²) in [6.07, 6.45) is 0. The third-order valence-electron chi connectivity index (χ3n) is 20.1. The maximum atomic E-state index is 7.06. The van der Waals surface area contributed by atoms with Crippen molar-refractivity contribution in [1.29, 1.82) is 0 Å². The first kappa shape index (κ1) is 57.5. The van der Waals surface area contributed by atoms with Crippen LogP contribution in [0.5, 0.6) is 0 Å². The van der Waals surface area contributed by atoms with Crippen LogP contribution < -0.4 is 0 Å². The molecule has 0 spiro atoms. The first-order valence-electron chi connectivity index (χ1n) is 33.8. The Bertz CT molecular complexity index is 7290. The van der Waals surface area contributed by atoms with Crippen LogP contribution in [-0.4, -0.2) is 29.9 Å². The quantitative estimate of drug-likeness (QED) is 0.141. The maximum Gasteiger partial charge on any atom is 0.167 e. The number of thiophene rings is 4. The number of fused-ring (bicyclic) bond motifs is 18. The Kier molecular flexibility index (Phi) is 12.7. The lowest BCUT2D eigenvalue weighted by molar-refractivity contribution is 0.669. The lowest BCUT2D eigenvalue weighted by atomic mass is 9.93. The number of hydrogen-bond donors (Lipinski definition) is 0. The summed E-state index contributed by atoms with van der Waals surface area (Å²) in [5, 5.41) is 13.8. The Morgan fingerprint density at radius 3 is 1.17 bits per heavy atom. The molecule has 0 aliphatic rings. The van der Waals surface area contributed by atoms with Crippen LogP contribution in [0.2, 0.25) is 0 Å². The summed E-state index contributed by atoms with van der Waals surface area (Å²) in [6.45, 7) is 0. The van der Waals surface area contributed by atoms with Crippen molar-refractivity contribution >= 4 is 170 Å². The summed E-state index contributed by atoms with van der Waals surface area (Å²) in [5.74, 6) is 3.45. The molecule has 22 rings (SSSR count). The van der Waals surface area contributed by atoms with Gasteiger partial charge in [-0.1, -0.05) is 231 Å². The largest absolute Gasteiger partial charge is 0.456 e. The van der Waals surface area contributed by atoms with E-state index >= 15 is 0 Å². The fourth-order valence-corrected chi connectivity index (χ4v) is 20.5. The van der Waals surface area contributed by atoms with Gasteiger partial charge in [0, 0.05) is 152 Å². The highest BCUT2D eigenvalue weighted by Gasteiger charge is 2.26. The summed E-state index contributed by atoms with van der Waals surface area (Å²) in [6, 6.07) is 103. The molecule has 14 aromatic carbocycles. The molecular weight excluding hydrogens is 1330 g/mol. The van der Waals surface area contributed by atoms with Crippen molar-refractivity contribution < 1.29 is 8.83 Å². The van der Waals surface area contributed by atoms with Crippen molar-refractivity contribution in [1.82, 2.24) is 29.9 Å². The first-order chi connectivity index (χ1) is 50.5. The van der Waals surface area contributed by atoms with Gasteiger partial charge in [-0.25, -0.2) is 29.9 Å². The second-order valence-corrected chi connectivity index (χ2v) is 30.0. The van der Waals surface area contributed by atoms with Crippen LogP contribution >= 0.6 is 45.3 Å². The highest BCUT2D eigenvalue weighted by Crippen LogP contribution is 2.52. The van der Waals surface area contributed by atoms with Crippen molar-refractivity contribution in [2.75, 3.05) is 0 Å². The van der Waals surface area contributed by atoms with E-state index in [9.17, 15) is 0 Å². The molecule has 0 amide bonds. The topological polar surface area (TPSA) is 104 Å². The van der Waals surface area contributed by atoms with E-state index < -0.39 is 0 Å². The second-order valence-electron chi connectivity index (χ2n) is 25.8. The molecule has 0 bridgehead atoms. The van der Waals surface area contributed by atoms with E-state index in [2.05, 4.69) is 231 Å². The van der Waals surface area contributed by atoms with E-state index in [0.717, 1.165) is 114 Å². The van der Waals surface area contributed by atoms with E-state index in [-0.39, 0.29) is 0 Å². The molecule has 8 aromatic heterocycles. The maximum absolute atomic E-state index is 7.06. The third kappa shape index (κ3) is 8.90. The van der Waals surface area contributed by atoms with E-state index in [4.69, 9.17) is 38.7 Å². The van der Waals surface area contributed by atoms with Crippen LogP contribution in [0.4, 0.5) is 0 Å². The molecule has 0 fully saturated rings. The Labute approximate surface area is 597 Å². The lowest BCUT2D eigenvalue weighted by Gasteiger charge is -2.11. The Morgan fingerprint density at radius 1 is 0.196 bits per heavy atom. The predicted molar refractivity (Wildman–Crippen MR) is 428 cm³/mol. The highest BCUT2D eigenvalue weighted by atomic mass is 32.1. The summed E-state index contributed by atoms with van der Waals surface area (Å²) in [5.41, 5.74) is 15.3. The fraction of sp³-hybridized carbons (Fsp3) is 0. The van der Waals surface area contributed by atoms with Gasteiger partial charge in [-0.3, -0.25) is 0 Å². The molecule has 474 valence electrons. The minimum absolute atomic E-state index is 0.536. The Hall–Kier alpha value is -12.4. The number of aromatic nitrogens is 6. The van der Waals surface area contributed by atoms with E-state index in [1.807, 2.05) is 94.7 Å². The summed E-state index contributed by atoms with van der Waals surface area (Å²) < 4.78 is 23.4. The van der Waals surface area contributed by atoms with Crippen LogP contribution in [0.3, 0.4) is 0 Å². The van der Waals surface area contributed by atoms with E-state index in [1.54, 1.807) is 11.3 Å². The summed E-state index contributed by atoms with van der Waals surface area (Å²) in [4.78, 5) is 32.0. The predicted octanol–water partition coefficient (Wildman–Crippen LogP) is 26.3. The SMILES string of the molecule is c1ccc(-c2nc(-c3ccc4c(c3)oc3cc(-c5ccc(-c6cccc7c6sc6ccccc67)c6sc7c(-c8nc(-c9ccccc9)nc(-c9cccc%10c9oc9ccccc9%10)n8)cccc7c56)ccc34)nc(-c3cccc4c3sc3c(-c5cccc6c5sc5ccccc56)cccc34)n2)cc1. The molecule has 12 heteroatoms. The normalized spacial score (nSPS) is 12.1. The first-order valence-corrected chi connectivity index (χ1v) is 37.1. The van der Waals surface area contributed by atoms with Gasteiger partial charge in [0.05, 0.1) is 5.56 Å². The minimum Gasteiger partial charge on any atom is -0.456 e. The number of hydrogen-bond acceptors (Lipinski definition) is 12. The lowest BCUT2D eigenvalue weighted by Crippen LogP contribution is -2.00. The van der Waals surface area contributed by atoms with Gasteiger partial charge < -0.3 is 8.83 Å². The summed E-state index contributed by atoms with van der Waals surface area (Å²) in [7, 11) is 0. The molecule has 8 nitrogen and oxygen atoms in total. The monoisotopic (exact) mass is 1370 g/mol. The average molecular weight is 1370 g/mol. The molecule has 8 heterocycles. The van der Waals surface area contributed by atoms with Crippen molar-refractivity contribution in [3.63, 3.8) is 0 Å². The number of para-hydroxylation sites is 2. The molecular formula is C90H48N6O2S4. The Balaban J connectivity index is 0.696. The van der Waals surface area contributed by atoms with E-state index in [1.165, 1.54) is 77.2 Å². The van der Waals surface area contributed by atoms with Crippen LogP contribution in [0.25, 0.3) is 226 Å². The molecule has 0 atom stereocenters. The van der Waals surface area contributed by atoms with Crippen LogP contribution in [0, 0.1) is 0 Å². The zero-order chi connectivity index (χ0) is 66.7. The number of nitrogens with zero attached hydrogens (tertiary/aromatic N) is 6. The average Bonchev–Trinajstić information content (AvgIpc) is 1.57. The molecule has 0 saturated heterocycles. The van der Waals surface area contributed by atoms with Gasteiger partial charge in [-0.05, 0) is 71.8 Å². The number of furan rings is 2.